The summed E-state index contributed by atoms with van der Waals surface area (Å²) in [5, 5.41) is 2.68. The third-order valence-electron chi connectivity index (χ3n) is 3.36. The Labute approximate surface area is 137 Å². The summed E-state index contributed by atoms with van der Waals surface area (Å²) in [6.45, 7) is 3.27. The molecule has 1 aromatic rings. The number of alkyl halides is 3. The fourth-order valence-corrected chi connectivity index (χ4v) is 2.47. The second-order valence-corrected chi connectivity index (χ2v) is 5.69. The molecule has 24 heavy (non-hydrogen) atoms. The molecule has 1 fully saturated rings. The van der Waals surface area contributed by atoms with Gasteiger partial charge in [0.1, 0.15) is 0 Å². The van der Waals surface area contributed by atoms with E-state index in [1.54, 1.807) is 17.0 Å². The van der Waals surface area contributed by atoms with E-state index in [2.05, 4.69) is 10.3 Å². The van der Waals surface area contributed by atoms with Gasteiger partial charge in [0.25, 0.3) is 0 Å². The molecular weight excluding hydrogens is 327 g/mol. The maximum atomic E-state index is 12.3. The van der Waals surface area contributed by atoms with Crippen molar-refractivity contribution in [3.8, 4) is 5.88 Å². The molecule has 2 atom stereocenters. The Morgan fingerprint density at radius 2 is 2.08 bits per heavy atom. The van der Waals surface area contributed by atoms with E-state index in [1.165, 1.54) is 6.20 Å². The number of nitrogens with zero attached hydrogens (tertiary/aromatic N) is 2. The lowest BCUT2D eigenvalue weighted by molar-refractivity contribution is -0.154. The van der Waals surface area contributed by atoms with Crippen LogP contribution < -0.4 is 10.1 Å². The number of nitrogens with one attached hydrogen (secondary N) is 1. The van der Waals surface area contributed by atoms with E-state index in [4.69, 9.17) is 9.47 Å². The summed E-state index contributed by atoms with van der Waals surface area (Å²) in [5.74, 6) is -0.140. The highest BCUT2D eigenvalue weighted by molar-refractivity contribution is 5.74. The van der Waals surface area contributed by atoms with E-state index in [0.717, 1.165) is 0 Å². The van der Waals surface area contributed by atoms with Crippen LogP contribution in [0.5, 0.6) is 5.88 Å². The van der Waals surface area contributed by atoms with Crippen molar-refractivity contribution in [3.05, 3.63) is 23.9 Å². The van der Waals surface area contributed by atoms with Gasteiger partial charge in [-0.1, -0.05) is 6.07 Å². The van der Waals surface area contributed by atoms with Crippen LogP contribution in [0.3, 0.4) is 0 Å². The van der Waals surface area contributed by atoms with Crippen LogP contribution in [0.1, 0.15) is 19.4 Å². The monoisotopic (exact) mass is 347 g/mol. The molecule has 2 rings (SSSR count). The topological polar surface area (TPSA) is 63.7 Å². The third-order valence-corrected chi connectivity index (χ3v) is 3.36. The highest BCUT2D eigenvalue weighted by Gasteiger charge is 2.29. The first-order chi connectivity index (χ1) is 11.2. The highest BCUT2D eigenvalue weighted by Crippen LogP contribution is 2.20. The number of ether oxygens (including phenoxy) is 2. The van der Waals surface area contributed by atoms with Gasteiger partial charge in [-0.05, 0) is 19.9 Å². The molecule has 0 radical (unpaired) electrons. The average Bonchev–Trinajstić information content (AvgIpc) is 2.49. The first kappa shape index (κ1) is 18.3. The lowest BCUT2D eigenvalue weighted by Crippen LogP contribution is -2.51. The first-order valence-corrected chi connectivity index (χ1v) is 7.56. The molecule has 9 heteroatoms. The van der Waals surface area contributed by atoms with E-state index < -0.39 is 12.8 Å². The van der Waals surface area contributed by atoms with Gasteiger partial charge in [-0.15, -0.1) is 0 Å². The predicted molar refractivity (Wildman–Crippen MR) is 79.6 cm³/mol. The Balaban J connectivity index is 1.93. The number of hydrogen-bond donors (Lipinski definition) is 1. The summed E-state index contributed by atoms with van der Waals surface area (Å²) in [6, 6.07) is 2.83. The van der Waals surface area contributed by atoms with Gasteiger partial charge in [-0.2, -0.15) is 13.2 Å². The molecule has 2 heterocycles. The summed E-state index contributed by atoms with van der Waals surface area (Å²) in [7, 11) is 0. The van der Waals surface area contributed by atoms with Gasteiger partial charge in [0, 0.05) is 31.4 Å². The van der Waals surface area contributed by atoms with Gasteiger partial charge < -0.3 is 19.7 Å². The Bertz CT molecular complexity index is 558. The van der Waals surface area contributed by atoms with Gasteiger partial charge in [0.05, 0.1) is 12.2 Å². The molecular formula is C15H20F3N3O3. The molecule has 2 amide bonds. The van der Waals surface area contributed by atoms with Crippen molar-refractivity contribution in [2.75, 3.05) is 19.7 Å². The standard InChI is InChI=1S/C15H20F3N3O3/c1-10-7-21(8-11(2)24-10)14(22)20-6-12-4-3-5-19-13(12)23-9-15(16,17)18/h3-5,10-11H,6-9H2,1-2H3,(H,20,22). The normalized spacial score (nSPS) is 21.5. The Morgan fingerprint density at radius 3 is 2.71 bits per heavy atom. The zero-order valence-corrected chi connectivity index (χ0v) is 13.5. The second kappa shape index (κ2) is 7.69. The van der Waals surface area contributed by atoms with E-state index in [0.29, 0.717) is 18.7 Å². The zero-order valence-electron chi connectivity index (χ0n) is 13.5. The summed E-state index contributed by atoms with van der Waals surface area (Å²) >= 11 is 0. The second-order valence-electron chi connectivity index (χ2n) is 5.69. The predicted octanol–water partition coefficient (Wildman–Crippen LogP) is 2.34. The first-order valence-electron chi connectivity index (χ1n) is 7.56. The lowest BCUT2D eigenvalue weighted by atomic mass is 10.2. The molecule has 134 valence electrons. The fourth-order valence-electron chi connectivity index (χ4n) is 2.47. The van der Waals surface area contributed by atoms with Gasteiger partial charge in [-0.25, -0.2) is 9.78 Å². The largest absolute Gasteiger partial charge is 0.468 e. The van der Waals surface area contributed by atoms with Crippen molar-refractivity contribution < 1.29 is 27.4 Å². The minimum absolute atomic E-state index is 0.0278. The summed E-state index contributed by atoms with van der Waals surface area (Å²) in [6.07, 6.45) is -3.24. The van der Waals surface area contributed by atoms with Gasteiger partial charge in [0.15, 0.2) is 6.61 Å². The maximum Gasteiger partial charge on any atom is 0.422 e. The van der Waals surface area contributed by atoms with Gasteiger partial charge in [0.2, 0.25) is 5.88 Å². The number of pyridine rings is 1. The Hall–Kier alpha value is -2.03. The van der Waals surface area contributed by atoms with Crippen molar-refractivity contribution >= 4 is 6.03 Å². The van der Waals surface area contributed by atoms with E-state index >= 15 is 0 Å². The number of hydrogen-bond acceptors (Lipinski definition) is 4. The van der Waals surface area contributed by atoms with Crippen molar-refractivity contribution in [2.24, 2.45) is 0 Å². The number of morpholine rings is 1. The molecule has 0 aromatic carbocycles. The number of rotatable bonds is 4. The third kappa shape index (κ3) is 5.55. The molecule has 1 aliphatic rings. The van der Waals surface area contributed by atoms with Crippen molar-refractivity contribution in [2.45, 2.75) is 38.8 Å². The highest BCUT2D eigenvalue weighted by atomic mass is 19.4. The maximum absolute atomic E-state index is 12.3. The number of amides is 2. The fraction of sp³-hybridized carbons (Fsp3) is 0.600. The van der Waals surface area contributed by atoms with E-state index in [-0.39, 0.29) is 30.7 Å². The van der Waals surface area contributed by atoms with Crippen LogP contribution in [0.25, 0.3) is 0 Å². The van der Waals surface area contributed by atoms with E-state index in [1.807, 2.05) is 13.8 Å². The molecule has 2 unspecified atom stereocenters. The van der Waals surface area contributed by atoms with Crippen LogP contribution in [0.4, 0.5) is 18.0 Å². The van der Waals surface area contributed by atoms with Crippen LogP contribution in [0, 0.1) is 0 Å². The molecule has 1 aliphatic heterocycles. The van der Waals surface area contributed by atoms with Gasteiger partial charge in [-0.3, -0.25) is 0 Å². The van der Waals surface area contributed by atoms with Gasteiger partial charge >= 0.3 is 12.2 Å². The Morgan fingerprint density at radius 1 is 1.42 bits per heavy atom. The molecule has 1 N–H and O–H groups in total. The number of carbonyl (C=O) groups is 1. The lowest BCUT2D eigenvalue weighted by Gasteiger charge is -2.35. The van der Waals surface area contributed by atoms with Crippen molar-refractivity contribution in [3.63, 3.8) is 0 Å². The number of aromatic nitrogens is 1. The quantitative estimate of drug-likeness (QED) is 0.908. The smallest absolute Gasteiger partial charge is 0.422 e. The van der Waals surface area contributed by atoms with Crippen LogP contribution in [-0.4, -0.2) is 54.0 Å². The summed E-state index contributed by atoms with van der Waals surface area (Å²) in [5.41, 5.74) is 0.379. The Kier molecular flexibility index (Phi) is 5.87. The molecule has 0 aliphatic carbocycles. The van der Waals surface area contributed by atoms with Crippen LogP contribution in [-0.2, 0) is 11.3 Å². The van der Waals surface area contributed by atoms with E-state index in [9.17, 15) is 18.0 Å². The summed E-state index contributed by atoms with van der Waals surface area (Å²) in [4.78, 5) is 17.6. The molecule has 1 aromatic heterocycles. The molecule has 0 saturated carbocycles. The summed E-state index contributed by atoms with van der Waals surface area (Å²) < 4.78 is 47.0. The SMILES string of the molecule is CC1CN(C(=O)NCc2cccnc2OCC(F)(F)F)CC(C)O1. The van der Waals surface area contributed by atoms with Crippen LogP contribution >= 0.6 is 0 Å². The minimum atomic E-state index is -4.45. The van der Waals surface area contributed by atoms with Crippen molar-refractivity contribution in [1.29, 1.82) is 0 Å². The molecule has 1 saturated heterocycles. The number of urea groups is 1. The molecule has 0 spiro atoms. The average molecular weight is 347 g/mol. The molecule has 0 bridgehead atoms. The minimum Gasteiger partial charge on any atom is -0.468 e. The number of carbonyl (C=O) groups excluding carboxylic acids is 1. The number of halogens is 3. The zero-order chi connectivity index (χ0) is 17.7. The van der Waals surface area contributed by atoms with Crippen LogP contribution in [0.2, 0.25) is 0 Å². The molecule has 6 nitrogen and oxygen atoms in total. The van der Waals surface area contributed by atoms with Crippen LogP contribution in [0.15, 0.2) is 18.3 Å². The van der Waals surface area contributed by atoms with Crippen molar-refractivity contribution in [1.82, 2.24) is 15.2 Å².